The Morgan fingerprint density at radius 1 is 1.34 bits per heavy atom. The zero-order chi connectivity index (χ0) is 21.3. The van der Waals surface area contributed by atoms with E-state index in [1.807, 2.05) is 6.92 Å². The fourth-order valence-electron chi connectivity index (χ4n) is 2.93. The molecule has 0 atom stereocenters. The number of hydrogen-bond acceptors (Lipinski definition) is 5. The van der Waals surface area contributed by atoms with E-state index < -0.39 is 16.5 Å². The van der Waals surface area contributed by atoms with Crippen LogP contribution in [0.5, 0.6) is 0 Å². The summed E-state index contributed by atoms with van der Waals surface area (Å²) in [6.45, 7) is 7.40. The van der Waals surface area contributed by atoms with Gasteiger partial charge in [-0.1, -0.05) is 6.58 Å². The lowest BCUT2D eigenvalue weighted by molar-refractivity contribution is -0.384. The molecular formula is C20H19N3O6. The van der Waals surface area contributed by atoms with Crippen molar-refractivity contribution in [3.05, 3.63) is 72.2 Å². The van der Waals surface area contributed by atoms with Crippen LogP contribution in [-0.2, 0) is 11.3 Å². The fourth-order valence-corrected chi connectivity index (χ4v) is 2.93. The number of H-pyrrole nitrogens is 1. The number of nitrogens with one attached hydrogen (secondary N) is 1. The van der Waals surface area contributed by atoms with Gasteiger partial charge >= 0.3 is 5.97 Å². The minimum absolute atomic E-state index is 0.0111. The van der Waals surface area contributed by atoms with Gasteiger partial charge in [0.05, 0.1) is 34.0 Å². The molecule has 9 nitrogen and oxygen atoms in total. The average Bonchev–Trinajstić information content (AvgIpc) is 3.22. The van der Waals surface area contributed by atoms with Crippen LogP contribution in [-0.4, -0.2) is 25.8 Å². The molecule has 0 bridgehead atoms. The Kier molecular flexibility index (Phi) is 5.22. The molecule has 2 heterocycles. The van der Waals surface area contributed by atoms with Crippen molar-refractivity contribution < 1.29 is 19.2 Å². The molecule has 150 valence electrons. The number of aliphatic carboxylic acids is 1. The standard InChI is InChI=1S/C20H19N3O6/c1-11-8-16(17(23(27)28)9-12(11)2)18-5-4-14(29-18)10-15-13(3)21-22(20(15)26)7-6-19(24)25/h4-5,8-10,21H,3,6-7H2,1-2H3,(H,24,25)/b15-10-. The summed E-state index contributed by atoms with van der Waals surface area (Å²) in [7, 11) is 0. The number of nitro groups is 1. The summed E-state index contributed by atoms with van der Waals surface area (Å²) in [5, 5.41) is 23.5. The van der Waals surface area contributed by atoms with Crippen molar-refractivity contribution in [3.8, 4) is 11.3 Å². The molecule has 2 aromatic heterocycles. The Bertz CT molecular complexity index is 1280. The van der Waals surface area contributed by atoms with Crippen LogP contribution in [0, 0.1) is 24.0 Å². The Hall–Kier alpha value is -3.88. The number of rotatable bonds is 6. The normalized spacial score (nSPS) is 11.7. The van der Waals surface area contributed by atoms with Gasteiger partial charge in [0, 0.05) is 6.07 Å². The molecule has 0 aliphatic rings. The predicted octanol–water partition coefficient (Wildman–Crippen LogP) is 1.68. The first-order chi connectivity index (χ1) is 13.7. The summed E-state index contributed by atoms with van der Waals surface area (Å²) in [5.74, 6) is -0.398. The number of carboxylic acid groups (broad SMARTS) is 1. The van der Waals surface area contributed by atoms with Gasteiger partial charge in [0.25, 0.3) is 11.2 Å². The van der Waals surface area contributed by atoms with Crippen LogP contribution in [0.15, 0.2) is 33.5 Å². The molecule has 1 aromatic carbocycles. The Balaban J connectivity index is 2.04. The van der Waals surface area contributed by atoms with Crippen molar-refractivity contribution in [2.45, 2.75) is 26.8 Å². The number of nitrogens with zero attached hydrogens (tertiary/aromatic N) is 2. The highest BCUT2D eigenvalue weighted by Gasteiger charge is 2.19. The van der Waals surface area contributed by atoms with Crippen LogP contribution < -0.4 is 16.1 Å². The maximum Gasteiger partial charge on any atom is 0.305 e. The van der Waals surface area contributed by atoms with Crippen molar-refractivity contribution in [2.24, 2.45) is 0 Å². The van der Waals surface area contributed by atoms with Gasteiger partial charge in [-0.2, -0.15) is 0 Å². The molecule has 9 heteroatoms. The van der Waals surface area contributed by atoms with E-state index in [2.05, 4.69) is 11.7 Å². The van der Waals surface area contributed by atoms with Gasteiger partial charge in [-0.3, -0.25) is 29.5 Å². The fraction of sp³-hybridized carbons (Fsp3) is 0.200. The number of furan rings is 1. The second-order valence-corrected chi connectivity index (χ2v) is 6.66. The van der Waals surface area contributed by atoms with Crippen molar-refractivity contribution in [3.63, 3.8) is 0 Å². The first-order valence-electron chi connectivity index (χ1n) is 8.74. The third-order valence-corrected chi connectivity index (χ3v) is 4.61. The van der Waals surface area contributed by atoms with E-state index in [-0.39, 0.29) is 23.9 Å². The second-order valence-electron chi connectivity index (χ2n) is 6.66. The maximum atomic E-state index is 12.4. The van der Waals surface area contributed by atoms with E-state index in [1.165, 1.54) is 16.8 Å². The SMILES string of the molecule is C=c1[nH]n(CCC(=O)O)c(=O)/c1=C\c1ccc(-c2cc(C)c(C)cc2[N+](=O)[O-])o1. The average molecular weight is 397 g/mol. The van der Waals surface area contributed by atoms with Crippen molar-refractivity contribution in [1.29, 1.82) is 0 Å². The van der Waals surface area contributed by atoms with Crippen molar-refractivity contribution >= 4 is 24.3 Å². The van der Waals surface area contributed by atoms with Crippen LogP contribution in [0.4, 0.5) is 5.69 Å². The topological polar surface area (TPSA) is 131 Å². The van der Waals surface area contributed by atoms with Crippen LogP contribution in [0.3, 0.4) is 0 Å². The molecule has 29 heavy (non-hydrogen) atoms. The molecule has 3 rings (SSSR count). The number of aromatic nitrogens is 2. The molecule has 3 aromatic rings. The summed E-state index contributed by atoms with van der Waals surface area (Å²) in [6, 6.07) is 6.39. The molecule has 0 fully saturated rings. The minimum Gasteiger partial charge on any atom is -0.481 e. The zero-order valence-corrected chi connectivity index (χ0v) is 15.9. The summed E-state index contributed by atoms with van der Waals surface area (Å²) in [6.07, 6.45) is 1.26. The quantitative estimate of drug-likeness (QED) is 0.480. The monoisotopic (exact) mass is 397 g/mol. The molecule has 0 radical (unpaired) electrons. The number of carbonyl (C=O) groups is 1. The molecule has 0 aliphatic carbocycles. The second kappa shape index (κ2) is 7.63. The lowest BCUT2D eigenvalue weighted by atomic mass is 10.0. The molecule has 0 unspecified atom stereocenters. The van der Waals surface area contributed by atoms with Gasteiger partial charge in [0.1, 0.15) is 11.5 Å². The Labute approximate surface area is 164 Å². The van der Waals surface area contributed by atoms with Crippen LogP contribution in [0.1, 0.15) is 23.3 Å². The molecule has 0 amide bonds. The summed E-state index contributed by atoms with van der Waals surface area (Å²) in [4.78, 5) is 34.1. The minimum atomic E-state index is -1.02. The first kappa shape index (κ1) is 19.9. The highest BCUT2D eigenvalue weighted by atomic mass is 16.6. The summed E-state index contributed by atoms with van der Waals surface area (Å²) < 4.78 is 6.90. The van der Waals surface area contributed by atoms with Gasteiger partial charge in [0.15, 0.2) is 0 Å². The number of carboxylic acids is 1. The number of nitro benzene ring substituents is 1. The number of hydrogen-bond donors (Lipinski definition) is 2. The Morgan fingerprint density at radius 3 is 2.69 bits per heavy atom. The number of aryl methyl sites for hydroxylation is 3. The molecule has 2 N–H and O–H groups in total. The summed E-state index contributed by atoms with van der Waals surface area (Å²) >= 11 is 0. The maximum absolute atomic E-state index is 12.4. The van der Waals surface area contributed by atoms with E-state index in [9.17, 15) is 19.7 Å². The van der Waals surface area contributed by atoms with Gasteiger partial charge in [-0.05, 0) is 49.2 Å². The lowest BCUT2D eigenvalue weighted by Gasteiger charge is -2.04. The van der Waals surface area contributed by atoms with Crippen LogP contribution in [0.25, 0.3) is 24.0 Å². The van der Waals surface area contributed by atoms with E-state index >= 15 is 0 Å². The molecule has 0 spiro atoms. The van der Waals surface area contributed by atoms with E-state index in [0.29, 0.717) is 22.4 Å². The number of aromatic amines is 1. The van der Waals surface area contributed by atoms with E-state index in [4.69, 9.17) is 9.52 Å². The van der Waals surface area contributed by atoms with Crippen molar-refractivity contribution in [2.75, 3.05) is 0 Å². The summed E-state index contributed by atoms with van der Waals surface area (Å²) in [5.41, 5.74) is 1.55. The highest BCUT2D eigenvalue weighted by Crippen LogP contribution is 2.33. The number of benzene rings is 1. The first-order valence-corrected chi connectivity index (χ1v) is 8.74. The predicted molar refractivity (Wildman–Crippen MR) is 106 cm³/mol. The third kappa shape index (κ3) is 4.03. The van der Waals surface area contributed by atoms with Gasteiger partial charge < -0.3 is 9.52 Å². The molecule has 0 saturated heterocycles. The van der Waals surface area contributed by atoms with Crippen LogP contribution >= 0.6 is 0 Å². The van der Waals surface area contributed by atoms with Gasteiger partial charge in [-0.25, -0.2) is 0 Å². The Morgan fingerprint density at radius 2 is 2.03 bits per heavy atom. The zero-order valence-electron chi connectivity index (χ0n) is 15.9. The lowest BCUT2D eigenvalue weighted by Crippen LogP contribution is -2.34. The largest absolute Gasteiger partial charge is 0.481 e. The molecule has 0 saturated carbocycles. The van der Waals surface area contributed by atoms with Crippen LogP contribution in [0.2, 0.25) is 0 Å². The van der Waals surface area contributed by atoms with Crippen molar-refractivity contribution in [1.82, 2.24) is 9.78 Å². The van der Waals surface area contributed by atoms with Gasteiger partial charge in [0.2, 0.25) is 0 Å². The van der Waals surface area contributed by atoms with Gasteiger partial charge in [-0.15, -0.1) is 0 Å². The smallest absolute Gasteiger partial charge is 0.305 e. The molecule has 0 aliphatic heterocycles. The van der Waals surface area contributed by atoms with E-state index in [1.54, 1.807) is 25.1 Å². The highest BCUT2D eigenvalue weighted by molar-refractivity contribution is 5.72. The van der Waals surface area contributed by atoms with E-state index in [0.717, 1.165) is 11.1 Å². The third-order valence-electron chi connectivity index (χ3n) is 4.61. The molecular weight excluding hydrogens is 378 g/mol.